The molecule has 0 bridgehead atoms. The molecule has 0 spiro atoms. The largest absolute Gasteiger partial charge is 0.493 e. The summed E-state index contributed by atoms with van der Waals surface area (Å²) in [6, 6.07) is 18.9. The van der Waals surface area contributed by atoms with Crippen molar-refractivity contribution < 1.29 is 14.3 Å². The Morgan fingerprint density at radius 2 is 1.92 bits per heavy atom. The molecule has 0 aliphatic carbocycles. The molecule has 0 aromatic heterocycles. The minimum absolute atomic E-state index is 0.0428. The molecule has 0 fully saturated rings. The maximum absolute atomic E-state index is 12.9. The van der Waals surface area contributed by atoms with Crippen molar-refractivity contribution in [3.8, 4) is 11.5 Å². The van der Waals surface area contributed by atoms with Crippen LogP contribution in [0, 0.1) is 12.3 Å². The molecule has 0 saturated heterocycles. The fraction of sp³-hybridized carbons (Fsp3) is 0.111. The second-order valence-corrected chi connectivity index (χ2v) is 10.4. The number of halogens is 2. The van der Waals surface area contributed by atoms with Gasteiger partial charge in [0.1, 0.15) is 11.7 Å². The molecule has 3 aromatic rings. The van der Waals surface area contributed by atoms with Gasteiger partial charge in [0.05, 0.1) is 17.2 Å². The molecule has 1 N–H and O–H groups in total. The lowest BCUT2D eigenvalue weighted by Gasteiger charge is -2.20. The Morgan fingerprint density at radius 1 is 1.16 bits per heavy atom. The first-order valence-corrected chi connectivity index (χ1v) is 13.1. The molecule has 0 saturated carbocycles. The molecule has 0 unspecified atom stereocenters. The Kier molecular flexibility index (Phi) is 7.19. The minimum Gasteiger partial charge on any atom is -0.493 e. The van der Waals surface area contributed by atoms with Gasteiger partial charge < -0.3 is 9.47 Å². The number of methoxy groups -OCH3 is 1. The predicted molar refractivity (Wildman–Crippen MR) is 152 cm³/mol. The third-order valence-electron chi connectivity index (χ3n) is 5.65. The van der Waals surface area contributed by atoms with Crippen molar-refractivity contribution in [1.29, 1.82) is 5.41 Å². The number of benzene rings is 3. The summed E-state index contributed by atoms with van der Waals surface area (Å²) in [5.41, 5.74) is 3.64. The topological polar surface area (TPSA) is 87.3 Å². The summed E-state index contributed by atoms with van der Waals surface area (Å²) in [5.74, 6) is 0.416. The molecule has 2 aliphatic rings. The van der Waals surface area contributed by atoms with Crippen LogP contribution in [0.4, 0.5) is 0 Å². The Morgan fingerprint density at radius 3 is 2.65 bits per heavy atom. The fourth-order valence-electron chi connectivity index (χ4n) is 3.70. The number of aryl methyl sites for hydroxylation is 1. The van der Waals surface area contributed by atoms with E-state index in [1.54, 1.807) is 24.3 Å². The fourth-order valence-corrected chi connectivity index (χ4v) is 5.36. The number of amides is 1. The first-order valence-electron chi connectivity index (χ1n) is 11.1. The zero-order valence-electron chi connectivity index (χ0n) is 19.8. The van der Waals surface area contributed by atoms with Crippen molar-refractivity contribution in [3.05, 3.63) is 98.0 Å². The van der Waals surface area contributed by atoms with Crippen LogP contribution in [0.1, 0.15) is 22.3 Å². The highest BCUT2D eigenvalue weighted by Crippen LogP contribution is 2.39. The molecular weight excluding hydrogens is 576 g/mol. The summed E-state index contributed by atoms with van der Waals surface area (Å²) in [7, 11) is 1.54. The number of fused-ring (bicyclic) bond motifs is 1. The molecule has 0 radical (unpaired) electrons. The number of nitrogens with zero attached hydrogens (tertiary/aromatic N) is 3. The van der Waals surface area contributed by atoms with Gasteiger partial charge in [0.25, 0.3) is 5.91 Å². The van der Waals surface area contributed by atoms with Crippen LogP contribution in [0.25, 0.3) is 6.08 Å². The average molecular weight is 596 g/mol. The van der Waals surface area contributed by atoms with Gasteiger partial charge >= 0.3 is 0 Å². The number of amidine groups is 2. The van der Waals surface area contributed by atoms with Crippen molar-refractivity contribution in [1.82, 2.24) is 5.01 Å². The summed E-state index contributed by atoms with van der Waals surface area (Å²) in [4.78, 5) is 17.1. The van der Waals surface area contributed by atoms with Crippen LogP contribution in [0.2, 0.25) is 5.02 Å². The molecule has 5 rings (SSSR count). The molecule has 10 heteroatoms. The molecule has 37 heavy (non-hydrogen) atoms. The van der Waals surface area contributed by atoms with Crippen LogP contribution in [0.5, 0.6) is 11.5 Å². The molecule has 7 nitrogen and oxygen atoms in total. The van der Waals surface area contributed by atoms with E-state index in [1.165, 1.54) is 23.9 Å². The third-order valence-corrected chi connectivity index (χ3v) is 7.56. The number of aliphatic imine (C=N–C) groups is 1. The quantitative estimate of drug-likeness (QED) is 0.322. The third kappa shape index (κ3) is 5.20. The number of nitrogens with one attached hydrogen (secondary N) is 1. The first-order chi connectivity index (χ1) is 17.8. The van der Waals surface area contributed by atoms with E-state index in [0.29, 0.717) is 36.8 Å². The first kappa shape index (κ1) is 25.3. The summed E-state index contributed by atoms with van der Waals surface area (Å²) in [6.07, 6.45) is 1.60. The van der Waals surface area contributed by atoms with E-state index in [0.717, 1.165) is 16.7 Å². The Hall–Kier alpha value is -3.40. The van der Waals surface area contributed by atoms with Gasteiger partial charge in [0.2, 0.25) is 5.17 Å². The molecule has 2 heterocycles. The molecular formula is C27H20BrClN4O3S. The predicted octanol–water partition coefficient (Wildman–Crippen LogP) is 6.67. The van der Waals surface area contributed by atoms with Crippen molar-refractivity contribution >= 4 is 67.3 Å². The second-order valence-electron chi connectivity index (χ2n) is 8.21. The Labute approximate surface area is 231 Å². The monoisotopic (exact) mass is 594 g/mol. The SMILES string of the molecule is COc1cc(/C=C2/C(=N)N3N=C(c4ccc(C)cc4)SC3=NC2=O)cc(Br)c1OCc1ccccc1Cl. The van der Waals surface area contributed by atoms with E-state index >= 15 is 0 Å². The summed E-state index contributed by atoms with van der Waals surface area (Å²) in [6.45, 7) is 2.26. The van der Waals surface area contributed by atoms with E-state index in [-0.39, 0.29) is 18.0 Å². The number of carbonyl (C=O) groups is 1. The van der Waals surface area contributed by atoms with Crippen molar-refractivity contribution in [2.75, 3.05) is 7.11 Å². The maximum Gasteiger partial charge on any atom is 0.283 e. The lowest BCUT2D eigenvalue weighted by molar-refractivity contribution is -0.114. The maximum atomic E-state index is 12.9. The normalized spacial score (nSPS) is 16.0. The highest BCUT2D eigenvalue weighted by atomic mass is 79.9. The molecule has 1 amide bonds. The highest BCUT2D eigenvalue weighted by molar-refractivity contribution is 9.10. The minimum atomic E-state index is -0.502. The number of hydrogen-bond donors (Lipinski definition) is 1. The average Bonchev–Trinajstić information content (AvgIpc) is 3.31. The zero-order chi connectivity index (χ0) is 26.1. The van der Waals surface area contributed by atoms with Crippen molar-refractivity contribution in [3.63, 3.8) is 0 Å². The van der Waals surface area contributed by atoms with Gasteiger partial charge in [-0.25, -0.2) is 0 Å². The Balaban J connectivity index is 1.41. The second kappa shape index (κ2) is 10.5. The van der Waals surface area contributed by atoms with Crippen molar-refractivity contribution in [2.24, 2.45) is 10.1 Å². The van der Waals surface area contributed by atoms with E-state index in [4.69, 9.17) is 26.5 Å². The van der Waals surface area contributed by atoms with E-state index in [1.807, 2.05) is 49.4 Å². The number of hydrazone groups is 1. The van der Waals surface area contributed by atoms with Crippen molar-refractivity contribution in [2.45, 2.75) is 13.5 Å². The number of hydrogen-bond acceptors (Lipinski definition) is 6. The van der Waals surface area contributed by atoms with Gasteiger partial charge in [-0.2, -0.15) is 15.1 Å². The van der Waals surface area contributed by atoms with Crippen LogP contribution < -0.4 is 9.47 Å². The highest BCUT2D eigenvalue weighted by Gasteiger charge is 2.36. The smallest absolute Gasteiger partial charge is 0.283 e. The van der Waals surface area contributed by atoms with Gasteiger partial charge in [-0.3, -0.25) is 10.2 Å². The van der Waals surface area contributed by atoms with Gasteiger partial charge in [0, 0.05) is 16.1 Å². The molecule has 2 aliphatic heterocycles. The summed E-state index contributed by atoms with van der Waals surface area (Å²) >= 11 is 11.1. The number of thioether (sulfide) groups is 1. The van der Waals surface area contributed by atoms with Gasteiger partial charge in [0.15, 0.2) is 17.3 Å². The summed E-state index contributed by atoms with van der Waals surface area (Å²) < 4.78 is 12.2. The lowest BCUT2D eigenvalue weighted by Crippen LogP contribution is -2.35. The number of carbonyl (C=O) groups excluding carboxylic acids is 1. The molecule has 186 valence electrons. The lowest BCUT2D eigenvalue weighted by atomic mass is 10.1. The van der Waals surface area contributed by atoms with Crippen LogP contribution >= 0.6 is 39.3 Å². The summed E-state index contributed by atoms with van der Waals surface area (Å²) in [5, 5.41) is 16.3. The van der Waals surface area contributed by atoms with E-state index < -0.39 is 5.91 Å². The molecule has 0 atom stereocenters. The van der Waals surface area contributed by atoms with Crippen LogP contribution in [0.3, 0.4) is 0 Å². The number of rotatable bonds is 6. The van der Waals surface area contributed by atoms with Crippen LogP contribution in [0.15, 0.2) is 80.8 Å². The van der Waals surface area contributed by atoms with Gasteiger partial charge in [-0.1, -0.05) is 59.6 Å². The van der Waals surface area contributed by atoms with Gasteiger partial charge in [-0.15, -0.1) is 0 Å². The van der Waals surface area contributed by atoms with E-state index in [2.05, 4.69) is 26.0 Å². The van der Waals surface area contributed by atoms with Gasteiger partial charge in [-0.05, 0) is 64.5 Å². The standard InChI is InChI=1S/C27H20BrClN4O3S/c1-15-7-9-17(10-8-15)26-32-33-24(30)19(25(34)31-27(33)37-26)11-16-12-20(28)23(22(13-16)35-2)36-14-18-5-3-4-6-21(18)29/h3-13,30H,14H2,1-2H3/b19-11-,30-24?. The zero-order valence-corrected chi connectivity index (χ0v) is 22.9. The molecule has 3 aromatic carbocycles. The van der Waals surface area contributed by atoms with E-state index in [9.17, 15) is 4.79 Å². The van der Waals surface area contributed by atoms with Crippen LogP contribution in [-0.2, 0) is 11.4 Å². The number of ether oxygens (including phenoxy) is 2. The van der Waals surface area contributed by atoms with Crippen LogP contribution in [-0.4, -0.2) is 34.1 Å². The Bertz CT molecular complexity index is 1520.